The molecule has 1 fully saturated rings. The lowest BCUT2D eigenvalue weighted by molar-refractivity contribution is -0.145. The second kappa shape index (κ2) is 17.5. The van der Waals surface area contributed by atoms with E-state index in [0.29, 0.717) is 12.2 Å². The Morgan fingerprint density at radius 1 is 0.966 bits per heavy atom. The van der Waals surface area contributed by atoms with E-state index in [9.17, 15) is 48.6 Å². The predicted molar refractivity (Wildman–Crippen MR) is 193 cm³/mol. The van der Waals surface area contributed by atoms with E-state index in [2.05, 4.69) is 15.5 Å². The van der Waals surface area contributed by atoms with Crippen molar-refractivity contribution in [1.82, 2.24) is 25.1 Å². The van der Waals surface area contributed by atoms with E-state index >= 15 is 0 Å². The van der Waals surface area contributed by atoms with Gasteiger partial charge < -0.3 is 50.2 Å². The number of carbonyl (C=O) groups is 7. The number of benzene rings is 2. The topological polar surface area (TPSA) is 346 Å². The lowest BCUT2D eigenvalue weighted by Gasteiger charge is -2.43. The van der Waals surface area contributed by atoms with E-state index in [1.54, 1.807) is 0 Å². The number of rotatable bonds is 12. The lowest BCUT2D eigenvalue weighted by Crippen LogP contribution is -2.53. The Labute approximate surface area is 328 Å². The molecule has 23 nitrogen and oxygen atoms in total. The second-order valence-electron chi connectivity index (χ2n) is 11.7. The number of aromatic nitrogens is 4. The molecule has 2 aliphatic rings. The van der Waals surface area contributed by atoms with Crippen molar-refractivity contribution in [1.29, 1.82) is 0 Å². The maximum absolute atomic E-state index is 13.3. The molecular formula is C34H31N7O16S. The molecule has 7 N–H and O–H groups in total. The first-order valence-corrected chi connectivity index (χ1v) is 17.7. The summed E-state index contributed by atoms with van der Waals surface area (Å²) in [5.41, 5.74) is 9.34. The number of carboxylic acid groups (broad SMARTS) is 2. The number of ether oxygens (including phenoxy) is 4. The number of thioether (sulfide) groups is 1. The number of fused-ring (bicyclic) bond motifs is 2. The lowest BCUT2D eigenvalue weighted by atomic mass is 9.91. The molecule has 1 saturated heterocycles. The molecule has 0 saturated carbocycles. The van der Waals surface area contributed by atoms with Crippen LogP contribution in [0.5, 0.6) is 17.2 Å². The molecule has 0 bridgehead atoms. The van der Waals surface area contributed by atoms with Crippen LogP contribution < -0.4 is 26.4 Å². The molecule has 1 unspecified atom stereocenters. The summed E-state index contributed by atoms with van der Waals surface area (Å²) in [5, 5.41) is 37.9. The largest absolute Gasteiger partial charge is 0.513 e. The van der Waals surface area contributed by atoms with Crippen LogP contribution in [0.4, 0.5) is 9.59 Å². The number of aromatic hydroxyl groups is 1. The van der Waals surface area contributed by atoms with Gasteiger partial charge in [-0.05, 0) is 48.0 Å². The maximum Gasteiger partial charge on any atom is 0.513 e. The second-order valence-corrected chi connectivity index (χ2v) is 12.9. The number of primary amides is 2. The molecule has 0 radical (unpaired) electrons. The molecule has 0 aliphatic carbocycles. The standard InChI is InChI=1S/C24H22N2O11.C10H9N5O5S/c1-3-33-23(31)36-15-9-13-14(10-16(15)37-24(32)34-4-2)35-20(18(19(13)28)22(26)30)17(21(25)29)11-5-7-12(27)8-6-11;16-5-1-6-15(5)8(10(19)20)4(3-21-6)9-11-12-13-14(9)2-7(17)18/h5-10,17,27H,3-4H2,1-2H3,(H2,25,29)(H2,26,30);6H,1-3H2,(H,17,18)(H,19,20)/t;6-/m.0/s1. The molecule has 58 heavy (non-hydrogen) atoms. The van der Waals surface area contributed by atoms with E-state index in [0.717, 1.165) is 16.8 Å². The molecule has 0 spiro atoms. The van der Waals surface area contributed by atoms with Crippen molar-refractivity contribution >= 4 is 70.3 Å². The van der Waals surface area contributed by atoms with E-state index in [-0.39, 0.29) is 63.9 Å². The fourth-order valence-corrected chi connectivity index (χ4v) is 6.90. The van der Waals surface area contributed by atoms with Crippen LogP contribution in [0.25, 0.3) is 16.5 Å². The predicted octanol–water partition coefficient (Wildman–Crippen LogP) is 1.14. The van der Waals surface area contributed by atoms with Gasteiger partial charge >= 0.3 is 24.2 Å². The molecule has 2 aliphatic heterocycles. The number of hydrogen-bond donors (Lipinski definition) is 5. The SMILES string of the molecule is CCOC(=O)Oc1cc2oc(C(C(N)=O)c3ccc(O)cc3)c(C(N)=O)c(=O)c2cc1OC(=O)OCC.O=C(O)Cn1nnnc1C1=C(C(=O)O)N2C(=O)C[C@@H]2SC1. The van der Waals surface area contributed by atoms with Gasteiger partial charge in [-0.15, -0.1) is 16.9 Å². The number of carboxylic acids is 2. The Balaban J connectivity index is 0.000000256. The first-order valence-electron chi connectivity index (χ1n) is 16.7. The number of carbonyl (C=O) groups excluding carboxylic acids is 5. The Kier molecular flexibility index (Phi) is 12.6. The highest BCUT2D eigenvalue weighted by molar-refractivity contribution is 8.00. The Morgan fingerprint density at radius 2 is 1.59 bits per heavy atom. The minimum atomic E-state index is -1.47. The van der Waals surface area contributed by atoms with Crippen molar-refractivity contribution in [2.45, 2.75) is 38.1 Å². The van der Waals surface area contributed by atoms with Gasteiger partial charge in [0, 0.05) is 17.4 Å². The third kappa shape index (κ3) is 8.80. The summed E-state index contributed by atoms with van der Waals surface area (Å²) in [7, 11) is 0. The number of hydrogen-bond acceptors (Lipinski definition) is 18. The molecule has 6 rings (SSSR count). The van der Waals surface area contributed by atoms with Gasteiger partial charge in [-0.2, -0.15) is 0 Å². The molecule has 2 aromatic carbocycles. The normalized spacial score (nSPS) is 14.9. The monoisotopic (exact) mass is 825 g/mol. The molecule has 4 heterocycles. The highest BCUT2D eigenvalue weighted by Gasteiger charge is 2.46. The zero-order valence-corrected chi connectivity index (χ0v) is 30.9. The summed E-state index contributed by atoms with van der Waals surface area (Å²) in [4.78, 5) is 97.0. The van der Waals surface area contributed by atoms with Crippen LogP contribution in [-0.4, -0.2) is 107 Å². The summed E-state index contributed by atoms with van der Waals surface area (Å²) in [6.07, 6.45) is -2.03. The van der Waals surface area contributed by atoms with Gasteiger partial charge in [0.15, 0.2) is 17.3 Å². The van der Waals surface area contributed by atoms with Crippen LogP contribution in [0, 0.1) is 0 Å². The fourth-order valence-electron chi connectivity index (χ4n) is 5.64. The smallest absolute Gasteiger partial charge is 0.508 e. The third-order valence-electron chi connectivity index (χ3n) is 8.06. The van der Waals surface area contributed by atoms with Gasteiger partial charge in [-0.25, -0.2) is 19.1 Å². The minimum absolute atomic E-state index is 0.0331. The van der Waals surface area contributed by atoms with Gasteiger partial charge in [-0.3, -0.25) is 28.9 Å². The number of nitrogens with two attached hydrogens (primary N) is 2. The molecule has 2 atom stereocenters. The van der Waals surface area contributed by atoms with Crippen LogP contribution >= 0.6 is 11.8 Å². The molecular weight excluding hydrogens is 794 g/mol. The molecule has 3 amide bonds. The van der Waals surface area contributed by atoms with Crippen molar-refractivity contribution < 1.29 is 72.2 Å². The van der Waals surface area contributed by atoms with Gasteiger partial charge in [-0.1, -0.05) is 12.1 Å². The summed E-state index contributed by atoms with van der Waals surface area (Å²) in [5.74, 6) is -7.45. The number of nitrogens with zero attached hydrogens (tertiary/aromatic N) is 5. The Morgan fingerprint density at radius 3 is 2.12 bits per heavy atom. The van der Waals surface area contributed by atoms with Crippen molar-refractivity contribution in [2.75, 3.05) is 19.0 Å². The van der Waals surface area contributed by atoms with Crippen molar-refractivity contribution in [3.8, 4) is 17.2 Å². The molecule has 2 aromatic heterocycles. The first kappa shape index (κ1) is 41.7. The highest BCUT2D eigenvalue weighted by Crippen LogP contribution is 2.42. The number of aliphatic carboxylic acids is 2. The number of phenolic OH excluding ortho intramolecular Hbond substituents is 1. The third-order valence-corrected chi connectivity index (χ3v) is 9.27. The average Bonchev–Trinajstić information content (AvgIpc) is 3.59. The van der Waals surface area contributed by atoms with Gasteiger partial charge in [0.2, 0.25) is 17.2 Å². The van der Waals surface area contributed by atoms with E-state index in [1.165, 1.54) is 54.8 Å². The Bertz CT molecular complexity index is 2430. The van der Waals surface area contributed by atoms with Crippen molar-refractivity contribution in [3.63, 3.8) is 0 Å². The quantitative estimate of drug-likeness (QED) is 0.0759. The molecule has 304 valence electrons. The fraction of sp³-hybridized carbons (Fsp3) is 0.265. The van der Waals surface area contributed by atoms with Gasteiger partial charge in [0.25, 0.3) is 5.91 Å². The maximum atomic E-state index is 13.3. The average molecular weight is 826 g/mol. The summed E-state index contributed by atoms with van der Waals surface area (Å²) in [6.45, 7) is 2.50. The van der Waals surface area contributed by atoms with E-state index in [1.807, 2.05) is 0 Å². The number of tetrazole rings is 1. The zero-order chi connectivity index (χ0) is 42.4. The van der Waals surface area contributed by atoms with Crippen molar-refractivity contribution in [3.05, 3.63) is 75.0 Å². The van der Waals surface area contributed by atoms with Gasteiger partial charge in [0.05, 0.1) is 30.4 Å². The van der Waals surface area contributed by atoms with Gasteiger partial charge in [0.1, 0.15) is 40.8 Å². The number of amides is 3. The van der Waals surface area contributed by atoms with Crippen LogP contribution in [0.2, 0.25) is 0 Å². The summed E-state index contributed by atoms with van der Waals surface area (Å²) >= 11 is 1.40. The van der Waals surface area contributed by atoms with Crippen LogP contribution in [0.1, 0.15) is 53.7 Å². The molecule has 4 aromatic rings. The van der Waals surface area contributed by atoms with Crippen LogP contribution in [0.3, 0.4) is 0 Å². The van der Waals surface area contributed by atoms with E-state index < -0.39 is 76.8 Å². The first-order chi connectivity index (χ1) is 27.6. The van der Waals surface area contributed by atoms with Crippen LogP contribution in [0.15, 0.2) is 51.3 Å². The van der Waals surface area contributed by atoms with Crippen molar-refractivity contribution in [2.24, 2.45) is 11.5 Å². The Hall–Kier alpha value is -7.50. The highest BCUT2D eigenvalue weighted by atomic mass is 32.2. The zero-order valence-electron chi connectivity index (χ0n) is 30.1. The molecule has 24 heteroatoms. The number of phenols is 1. The minimum Gasteiger partial charge on any atom is -0.508 e. The summed E-state index contributed by atoms with van der Waals surface area (Å²) in [6, 6.07) is 7.20. The van der Waals surface area contributed by atoms with Crippen LogP contribution in [-0.2, 0) is 35.2 Å². The van der Waals surface area contributed by atoms with E-state index in [4.69, 9.17) is 39.9 Å². The summed E-state index contributed by atoms with van der Waals surface area (Å²) < 4.78 is 26.3. The number of β-lactam (4-membered cyclic amide) rings is 1.